The van der Waals surface area contributed by atoms with Gasteiger partial charge in [-0.3, -0.25) is 4.79 Å². The second kappa shape index (κ2) is 9.92. The van der Waals surface area contributed by atoms with Gasteiger partial charge in [-0.2, -0.15) is 5.26 Å². The van der Waals surface area contributed by atoms with E-state index in [2.05, 4.69) is 11.9 Å². The summed E-state index contributed by atoms with van der Waals surface area (Å²) >= 11 is 0. The minimum atomic E-state index is -3.46. The third-order valence-corrected chi connectivity index (χ3v) is 7.27. The summed E-state index contributed by atoms with van der Waals surface area (Å²) in [5.41, 5.74) is 0.455. The molecule has 1 fully saturated rings. The van der Waals surface area contributed by atoms with Crippen LogP contribution in [0.1, 0.15) is 41.8 Å². The van der Waals surface area contributed by atoms with Gasteiger partial charge in [0, 0.05) is 18.0 Å². The highest BCUT2D eigenvalue weighted by atomic mass is 32.2. The fourth-order valence-corrected chi connectivity index (χ4v) is 4.98. The second-order valence-corrected chi connectivity index (χ2v) is 9.76. The topological polar surface area (TPSA) is 94.6 Å². The number of benzene rings is 1. The third kappa shape index (κ3) is 5.49. The summed E-state index contributed by atoms with van der Waals surface area (Å²) < 4.78 is 30.2. The molecular weight excluding hydrogens is 402 g/mol. The molecule has 3 rings (SSSR count). The molecule has 7 nitrogen and oxygen atoms in total. The van der Waals surface area contributed by atoms with Crippen molar-refractivity contribution in [3.8, 4) is 6.07 Å². The monoisotopic (exact) mass is 429 g/mol. The summed E-state index contributed by atoms with van der Waals surface area (Å²) in [7, 11) is -1.39. The Morgan fingerprint density at radius 2 is 1.93 bits per heavy atom. The van der Waals surface area contributed by atoms with Crippen molar-refractivity contribution >= 4 is 15.7 Å². The molecule has 1 aromatic heterocycles. The molecule has 1 amide bonds. The van der Waals surface area contributed by atoms with Crippen LogP contribution >= 0.6 is 0 Å². The van der Waals surface area contributed by atoms with Gasteiger partial charge in [-0.15, -0.1) is 0 Å². The molecule has 1 saturated heterocycles. The van der Waals surface area contributed by atoms with Gasteiger partial charge in [0.2, 0.25) is 0 Å². The average Bonchev–Trinajstić information content (AvgIpc) is 3.26. The van der Waals surface area contributed by atoms with Crippen LogP contribution in [-0.4, -0.2) is 56.1 Å². The smallest absolute Gasteiger partial charge is 0.254 e. The van der Waals surface area contributed by atoms with Crippen molar-refractivity contribution in [3.05, 3.63) is 54.0 Å². The van der Waals surface area contributed by atoms with Gasteiger partial charge in [0.25, 0.3) is 5.91 Å². The predicted octanol–water partition coefficient (Wildman–Crippen LogP) is 3.09. The molecule has 30 heavy (non-hydrogen) atoms. The first-order chi connectivity index (χ1) is 14.4. The zero-order valence-electron chi connectivity index (χ0n) is 17.2. The van der Waals surface area contributed by atoms with Gasteiger partial charge in [0.15, 0.2) is 9.84 Å². The largest absolute Gasteiger partial charge is 0.467 e. The molecule has 0 atom stereocenters. The number of rotatable bonds is 8. The van der Waals surface area contributed by atoms with Gasteiger partial charge in [-0.05, 0) is 75.8 Å². The number of unbranched alkanes of at least 4 members (excludes halogenated alkanes) is 1. The third-order valence-electron chi connectivity index (χ3n) is 5.46. The quantitative estimate of drug-likeness (QED) is 0.599. The molecular formula is C22H27N3O4S. The van der Waals surface area contributed by atoms with Crippen LogP contribution in [0.3, 0.4) is 0 Å². The number of piperidine rings is 1. The molecule has 0 spiro atoms. The fraction of sp³-hybridized carbons (Fsp3) is 0.455. The number of hydrogen-bond donors (Lipinski definition) is 0. The number of hydrogen-bond acceptors (Lipinski definition) is 6. The summed E-state index contributed by atoms with van der Waals surface area (Å²) in [4.78, 5) is 17.6. The zero-order valence-corrected chi connectivity index (χ0v) is 18.0. The van der Waals surface area contributed by atoms with Crippen LogP contribution in [0.4, 0.5) is 0 Å². The van der Waals surface area contributed by atoms with Crippen LogP contribution in [0.15, 0.2) is 52.0 Å². The fourth-order valence-electron chi connectivity index (χ4n) is 3.67. The molecule has 2 heterocycles. The number of nitrogens with zero attached hydrogens (tertiary/aromatic N) is 3. The van der Waals surface area contributed by atoms with E-state index < -0.39 is 9.84 Å². The number of likely N-dealkylation sites (tertiary alicyclic amines) is 1. The van der Waals surface area contributed by atoms with Crippen LogP contribution in [0, 0.1) is 11.3 Å². The molecule has 1 aliphatic rings. The molecule has 8 heteroatoms. The van der Waals surface area contributed by atoms with Crippen molar-refractivity contribution in [3.63, 3.8) is 0 Å². The van der Waals surface area contributed by atoms with Gasteiger partial charge in [0.1, 0.15) is 5.76 Å². The molecule has 0 unspecified atom stereocenters. The van der Waals surface area contributed by atoms with Crippen molar-refractivity contribution in [2.45, 2.75) is 43.2 Å². The number of carbonyl (C=O) groups excluding carboxylic acids is 1. The van der Waals surface area contributed by atoms with Crippen molar-refractivity contribution in [2.75, 3.05) is 25.9 Å². The molecule has 1 aliphatic heterocycles. The predicted molar refractivity (Wildman–Crippen MR) is 112 cm³/mol. The highest BCUT2D eigenvalue weighted by Crippen LogP contribution is 2.22. The lowest BCUT2D eigenvalue weighted by atomic mass is 10.0. The Morgan fingerprint density at radius 1 is 1.23 bits per heavy atom. The number of sulfone groups is 1. The Labute approximate surface area is 177 Å². The summed E-state index contributed by atoms with van der Waals surface area (Å²) in [5.74, 6) is 0.516. The normalized spacial score (nSPS) is 15.6. The Kier molecular flexibility index (Phi) is 7.29. The molecule has 0 radical (unpaired) electrons. The van der Waals surface area contributed by atoms with Crippen LogP contribution < -0.4 is 0 Å². The molecule has 0 N–H and O–H groups in total. The first-order valence-electron chi connectivity index (χ1n) is 10.1. The van der Waals surface area contributed by atoms with Crippen molar-refractivity contribution < 1.29 is 17.6 Å². The second-order valence-electron chi connectivity index (χ2n) is 7.65. The molecule has 2 aromatic rings. The number of nitriles is 1. The average molecular weight is 430 g/mol. The lowest BCUT2D eigenvalue weighted by Crippen LogP contribution is -2.46. The van der Waals surface area contributed by atoms with E-state index in [0.29, 0.717) is 18.5 Å². The van der Waals surface area contributed by atoms with E-state index >= 15 is 0 Å². The van der Waals surface area contributed by atoms with E-state index in [9.17, 15) is 13.2 Å². The Balaban J connectivity index is 1.77. The van der Waals surface area contributed by atoms with Crippen molar-refractivity contribution in [1.82, 2.24) is 9.80 Å². The first-order valence-corrected chi connectivity index (χ1v) is 11.8. The molecule has 0 saturated carbocycles. The van der Waals surface area contributed by atoms with Crippen LogP contribution in [0.5, 0.6) is 0 Å². The van der Waals surface area contributed by atoms with Crippen LogP contribution in [-0.2, 0) is 16.4 Å². The first kappa shape index (κ1) is 22.1. The maximum atomic E-state index is 13.3. The molecule has 0 bridgehead atoms. The minimum Gasteiger partial charge on any atom is -0.467 e. The highest BCUT2D eigenvalue weighted by molar-refractivity contribution is 7.91. The maximum Gasteiger partial charge on any atom is 0.254 e. The van der Waals surface area contributed by atoms with Crippen LogP contribution in [0.25, 0.3) is 0 Å². The molecule has 160 valence electrons. The van der Waals surface area contributed by atoms with Gasteiger partial charge in [-0.25, -0.2) is 8.42 Å². The van der Waals surface area contributed by atoms with Gasteiger partial charge < -0.3 is 14.2 Å². The number of carbonyl (C=O) groups is 1. The van der Waals surface area contributed by atoms with E-state index in [1.54, 1.807) is 24.5 Å². The Hall–Kier alpha value is -2.63. The van der Waals surface area contributed by atoms with E-state index in [0.717, 1.165) is 31.7 Å². The van der Waals surface area contributed by atoms with Gasteiger partial charge in [0.05, 0.1) is 29.5 Å². The van der Waals surface area contributed by atoms with Gasteiger partial charge >= 0.3 is 0 Å². The van der Waals surface area contributed by atoms with Crippen LogP contribution in [0.2, 0.25) is 0 Å². The number of amides is 1. The lowest BCUT2D eigenvalue weighted by Gasteiger charge is -2.37. The Morgan fingerprint density at radius 3 is 2.53 bits per heavy atom. The van der Waals surface area contributed by atoms with E-state index in [-0.39, 0.29) is 29.0 Å². The van der Waals surface area contributed by atoms with E-state index in [4.69, 9.17) is 9.68 Å². The lowest BCUT2D eigenvalue weighted by molar-refractivity contribution is 0.0550. The summed E-state index contributed by atoms with van der Waals surface area (Å²) in [6.07, 6.45) is 3.86. The standard InChI is InChI=1S/C22H27N3O4S/c1-24-13-10-19(11-14-24)25(17-20-5-4-15-29-20)22(26)18-6-8-21(9-7-18)30(27,28)16-3-2-12-23/h4-9,15,19H,2-3,10-11,13-14,16-17H2,1H3. The zero-order chi connectivity index (χ0) is 21.6. The minimum absolute atomic E-state index is 0.0753. The molecule has 0 aliphatic carbocycles. The number of furan rings is 1. The summed E-state index contributed by atoms with van der Waals surface area (Å²) in [5, 5.41) is 8.60. The van der Waals surface area contributed by atoms with E-state index in [1.807, 2.05) is 17.0 Å². The van der Waals surface area contributed by atoms with Gasteiger partial charge in [-0.1, -0.05) is 0 Å². The SMILES string of the molecule is CN1CCC(N(Cc2ccco2)C(=O)c2ccc(S(=O)(=O)CCCC#N)cc2)CC1. The summed E-state index contributed by atoms with van der Waals surface area (Å²) in [6, 6.07) is 11.8. The van der Waals surface area contributed by atoms with E-state index in [1.165, 1.54) is 12.1 Å². The van der Waals surface area contributed by atoms with Crippen molar-refractivity contribution in [2.24, 2.45) is 0 Å². The molecule has 1 aromatic carbocycles. The van der Waals surface area contributed by atoms with Crippen molar-refractivity contribution in [1.29, 1.82) is 5.26 Å². The highest BCUT2D eigenvalue weighted by Gasteiger charge is 2.28. The maximum absolute atomic E-state index is 13.3. The summed E-state index contributed by atoms with van der Waals surface area (Å²) in [6.45, 7) is 2.23. The Bertz CT molecular complexity index is 970.